The lowest BCUT2D eigenvalue weighted by molar-refractivity contribution is 0.0695. The first kappa shape index (κ1) is 21.7. The Morgan fingerprint density at radius 2 is 1.72 bits per heavy atom. The van der Waals surface area contributed by atoms with Gasteiger partial charge in [-0.3, -0.25) is 9.69 Å². The molecule has 8 heteroatoms. The van der Waals surface area contributed by atoms with Crippen LogP contribution in [0.4, 0.5) is 0 Å². The van der Waals surface area contributed by atoms with Crippen molar-refractivity contribution in [2.75, 3.05) is 19.6 Å². The van der Waals surface area contributed by atoms with Crippen molar-refractivity contribution in [2.24, 2.45) is 5.92 Å². The van der Waals surface area contributed by atoms with Crippen molar-refractivity contribution < 1.29 is 14.7 Å². The largest absolute Gasteiger partial charge is 0.478 e. The molecule has 4 rings (SSSR count). The van der Waals surface area contributed by atoms with Crippen molar-refractivity contribution >= 4 is 11.9 Å². The van der Waals surface area contributed by atoms with E-state index in [4.69, 9.17) is 0 Å². The lowest BCUT2D eigenvalue weighted by Gasteiger charge is -2.32. The first-order valence-corrected chi connectivity index (χ1v) is 10.8. The molecule has 0 spiro atoms. The van der Waals surface area contributed by atoms with E-state index < -0.39 is 5.97 Å². The van der Waals surface area contributed by atoms with Gasteiger partial charge in [0.1, 0.15) is 0 Å². The average molecular weight is 434 g/mol. The van der Waals surface area contributed by atoms with Crippen molar-refractivity contribution in [3.05, 3.63) is 83.2 Å². The standard InChI is InChI=1S/C24H27N5O3/c30-23(22-15-26-29(27-22)17-20-8-4-5-9-21(20)24(31)32)25-14-18-10-12-28(13-11-18)16-19-6-2-1-3-7-19/h1-9,15,18H,10-14,16-17H2,(H,25,30)(H,31,32). The zero-order chi connectivity index (χ0) is 22.3. The highest BCUT2D eigenvalue weighted by Gasteiger charge is 2.21. The van der Waals surface area contributed by atoms with Crippen molar-refractivity contribution in [3.63, 3.8) is 0 Å². The number of rotatable bonds is 8. The number of hydrogen-bond acceptors (Lipinski definition) is 5. The number of likely N-dealkylation sites (tertiary alicyclic amines) is 1. The summed E-state index contributed by atoms with van der Waals surface area (Å²) >= 11 is 0. The van der Waals surface area contributed by atoms with Crippen LogP contribution in [0.25, 0.3) is 0 Å². The van der Waals surface area contributed by atoms with Crippen LogP contribution in [0.3, 0.4) is 0 Å². The number of nitrogens with zero attached hydrogens (tertiary/aromatic N) is 4. The Morgan fingerprint density at radius 3 is 2.47 bits per heavy atom. The van der Waals surface area contributed by atoms with Gasteiger partial charge in [0.05, 0.1) is 18.3 Å². The Morgan fingerprint density at radius 1 is 1.00 bits per heavy atom. The summed E-state index contributed by atoms with van der Waals surface area (Å²) in [5, 5.41) is 20.6. The topological polar surface area (TPSA) is 100 Å². The van der Waals surface area contributed by atoms with Gasteiger partial charge < -0.3 is 10.4 Å². The van der Waals surface area contributed by atoms with E-state index in [1.165, 1.54) is 16.6 Å². The Hall–Kier alpha value is -3.52. The predicted molar refractivity (Wildman–Crippen MR) is 119 cm³/mol. The van der Waals surface area contributed by atoms with Crippen molar-refractivity contribution in [1.29, 1.82) is 0 Å². The molecule has 2 heterocycles. The molecular formula is C24H27N5O3. The number of amides is 1. The van der Waals surface area contributed by atoms with Gasteiger partial charge in [0, 0.05) is 13.1 Å². The smallest absolute Gasteiger partial charge is 0.336 e. The van der Waals surface area contributed by atoms with Gasteiger partial charge in [-0.2, -0.15) is 9.90 Å². The third-order valence-electron chi connectivity index (χ3n) is 5.84. The van der Waals surface area contributed by atoms with Crippen molar-refractivity contribution in [3.8, 4) is 0 Å². The summed E-state index contributed by atoms with van der Waals surface area (Å²) in [5.74, 6) is -0.807. The molecule has 0 atom stereocenters. The van der Waals surface area contributed by atoms with Gasteiger partial charge in [-0.05, 0) is 49.0 Å². The maximum atomic E-state index is 12.5. The SMILES string of the molecule is O=C(NCC1CCN(Cc2ccccc2)CC1)c1cnn(Cc2ccccc2C(=O)O)n1. The van der Waals surface area contributed by atoms with Crippen LogP contribution in [0.5, 0.6) is 0 Å². The number of carbonyl (C=O) groups excluding carboxylic acids is 1. The zero-order valence-corrected chi connectivity index (χ0v) is 17.9. The Balaban J connectivity index is 1.24. The Bertz CT molecular complexity index is 1060. The molecule has 0 aliphatic carbocycles. The van der Waals surface area contributed by atoms with Crippen LogP contribution in [0.1, 0.15) is 44.8 Å². The molecule has 1 saturated heterocycles. The maximum Gasteiger partial charge on any atom is 0.336 e. The number of piperidine rings is 1. The molecular weight excluding hydrogens is 406 g/mol. The molecule has 1 aliphatic heterocycles. The van der Waals surface area contributed by atoms with E-state index in [1.54, 1.807) is 24.3 Å². The highest BCUT2D eigenvalue weighted by molar-refractivity contribution is 5.91. The van der Waals surface area contributed by atoms with Crippen LogP contribution in [0.15, 0.2) is 60.8 Å². The van der Waals surface area contributed by atoms with Crippen LogP contribution in [0.2, 0.25) is 0 Å². The number of aromatic nitrogens is 3. The third kappa shape index (κ3) is 5.59. The van der Waals surface area contributed by atoms with Gasteiger partial charge in [-0.15, -0.1) is 5.10 Å². The minimum Gasteiger partial charge on any atom is -0.478 e. The number of carboxylic acid groups (broad SMARTS) is 1. The normalized spacial score (nSPS) is 14.9. The minimum atomic E-state index is -1.000. The van der Waals surface area contributed by atoms with E-state index in [9.17, 15) is 14.7 Å². The fourth-order valence-corrected chi connectivity index (χ4v) is 4.01. The highest BCUT2D eigenvalue weighted by Crippen LogP contribution is 2.18. The fraction of sp³-hybridized carbons (Fsp3) is 0.333. The molecule has 1 aliphatic rings. The molecule has 1 fully saturated rings. The number of benzene rings is 2. The molecule has 1 aromatic heterocycles. The summed E-state index contributed by atoms with van der Waals surface area (Å²) in [6.07, 6.45) is 3.51. The Kier molecular flexibility index (Phi) is 6.91. The van der Waals surface area contributed by atoms with Gasteiger partial charge >= 0.3 is 5.97 Å². The molecule has 8 nitrogen and oxygen atoms in total. The van der Waals surface area contributed by atoms with Crippen LogP contribution in [0, 0.1) is 5.92 Å². The predicted octanol–water partition coefficient (Wildman–Crippen LogP) is 2.67. The lowest BCUT2D eigenvalue weighted by atomic mass is 9.96. The monoisotopic (exact) mass is 433 g/mol. The van der Waals surface area contributed by atoms with E-state index in [0.717, 1.165) is 32.5 Å². The van der Waals surface area contributed by atoms with Crippen LogP contribution >= 0.6 is 0 Å². The number of hydrogen-bond donors (Lipinski definition) is 2. The van der Waals surface area contributed by atoms with Gasteiger partial charge in [0.15, 0.2) is 5.69 Å². The molecule has 3 aromatic rings. The summed E-state index contributed by atoms with van der Waals surface area (Å²) in [4.78, 5) is 27.7. The average Bonchev–Trinajstić information content (AvgIpc) is 3.28. The summed E-state index contributed by atoms with van der Waals surface area (Å²) in [7, 11) is 0. The van der Waals surface area contributed by atoms with Crippen molar-refractivity contribution in [1.82, 2.24) is 25.2 Å². The first-order valence-electron chi connectivity index (χ1n) is 10.8. The van der Waals surface area contributed by atoms with E-state index in [1.807, 2.05) is 6.07 Å². The van der Waals surface area contributed by atoms with E-state index in [-0.39, 0.29) is 23.7 Å². The van der Waals surface area contributed by atoms with Gasteiger partial charge in [-0.25, -0.2) is 4.79 Å². The molecule has 1 amide bonds. The van der Waals surface area contributed by atoms with E-state index >= 15 is 0 Å². The second kappa shape index (κ2) is 10.2. The molecule has 0 bridgehead atoms. The molecule has 166 valence electrons. The van der Waals surface area contributed by atoms with Gasteiger partial charge in [-0.1, -0.05) is 48.5 Å². The second-order valence-electron chi connectivity index (χ2n) is 8.14. The molecule has 0 unspecified atom stereocenters. The minimum absolute atomic E-state index is 0.190. The molecule has 0 radical (unpaired) electrons. The Labute approximate surface area is 186 Å². The van der Waals surface area contributed by atoms with E-state index in [2.05, 4.69) is 44.7 Å². The molecule has 2 N–H and O–H groups in total. The summed E-state index contributed by atoms with van der Waals surface area (Å²) in [5.41, 5.74) is 2.35. The zero-order valence-electron chi connectivity index (χ0n) is 17.9. The quantitative estimate of drug-likeness (QED) is 0.567. The van der Waals surface area contributed by atoms with Crippen LogP contribution in [-0.4, -0.2) is 56.5 Å². The summed E-state index contributed by atoms with van der Waals surface area (Å²) in [6, 6.07) is 17.2. The molecule has 32 heavy (non-hydrogen) atoms. The number of nitrogens with one attached hydrogen (secondary N) is 1. The second-order valence-corrected chi connectivity index (χ2v) is 8.14. The molecule has 2 aromatic carbocycles. The first-order chi connectivity index (χ1) is 15.6. The number of carbonyl (C=O) groups is 2. The van der Waals surface area contributed by atoms with Gasteiger partial charge in [0.25, 0.3) is 5.91 Å². The lowest BCUT2D eigenvalue weighted by Crippen LogP contribution is -2.38. The summed E-state index contributed by atoms with van der Waals surface area (Å²) in [6.45, 7) is 3.82. The highest BCUT2D eigenvalue weighted by atomic mass is 16.4. The maximum absolute atomic E-state index is 12.5. The van der Waals surface area contributed by atoms with Crippen LogP contribution < -0.4 is 5.32 Å². The van der Waals surface area contributed by atoms with Crippen molar-refractivity contribution in [2.45, 2.75) is 25.9 Å². The number of aromatic carboxylic acids is 1. The number of carboxylic acids is 1. The fourth-order valence-electron chi connectivity index (χ4n) is 4.01. The summed E-state index contributed by atoms with van der Waals surface area (Å²) < 4.78 is 0. The molecule has 0 saturated carbocycles. The van der Waals surface area contributed by atoms with Crippen LogP contribution in [-0.2, 0) is 13.1 Å². The van der Waals surface area contributed by atoms with E-state index in [0.29, 0.717) is 18.0 Å². The third-order valence-corrected chi connectivity index (χ3v) is 5.84. The van der Waals surface area contributed by atoms with Gasteiger partial charge in [0.2, 0.25) is 0 Å².